The molecule has 294 valence electrons. The number of oxime groups is 2. The Bertz CT molecular complexity index is 2020. The summed E-state index contributed by atoms with van der Waals surface area (Å²) in [5.41, 5.74) is -1.84. The highest BCUT2D eigenvalue weighted by atomic mass is 35.5. The van der Waals surface area contributed by atoms with Crippen LogP contribution in [0.1, 0.15) is 56.4 Å². The SMILES string of the molecule is CO/N=C(/C(=O)OC)c1ccccc1CO/N=C(\C)c1cccc(C(F)(F)F)c1.O=C(NCCc1ncc(C(F)(F)F)cc1Cl)c1ccccc1C(F)(F)F. The van der Waals surface area contributed by atoms with Crippen molar-refractivity contribution in [3.63, 3.8) is 0 Å². The first-order valence-corrected chi connectivity index (χ1v) is 15.9. The molecule has 0 radical (unpaired) electrons. The van der Waals surface area contributed by atoms with Crippen LogP contribution in [0.3, 0.4) is 0 Å². The van der Waals surface area contributed by atoms with Crippen molar-refractivity contribution in [1.82, 2.24) is 10.3 Å². The molecule has 1 aromatic heterocycles. The maximum atomic E-state index is 12.9. The molecule has 0 aliphatic rings. The molecule has 0 saturated heterocycles. The van der Waals surface area contributed by atoms with Gasteiger partial charge in [0.25, 0.3) is 5.91 Å². The van der Waals surface area contributed by atoms with E-state index in [2.05, 4.69) is 20.6 Å². The molecule has 0 atom stereocenters. The van der Waals surface area contributed by atoms with Crippen molar-refractivity contribution in [1.29, 1.82) is 0 Å². The number of benzene rings is 3. The van der Waals surface area contributed by atoms with Crippen LogP contribution in [-0.2, 0) is 50.8 Å². The van der Waals surface area contributed by atoms with Gasteiger partial charge in [-0.2, -0.15) is 39.5 Å². The van der Waals surface area contributed by atoms with E-state index >= 15 is 0 Å². The number of nitrogens with zero attached hydrogens (tertiary/aromatic N) is 3. The molecule has 1 heterocycles. The quantitative estimate of drug-likeness (QED) is 0.0702. The van der Waals surface area contributed by atoms with Crippen molar-refractivity contribution in [2.24, 2.45) is 10.3 Å². The molecule has 9 nitrogen and oxygen atoms in total. The van der Waals surface area contributed by atoms with E-state index in [0.717, 1.165) is 30.3 Å². The number of amides is 1. The first-order valence-electron chi connectivity index (χ1n) is 15.6. The van der Waals surface area contributed by atoms with Gasteiger partial charge in [0.2, 0.25) is 0 Å². The van der Waals surface area contributed by atoms with Crippen LogP contribution >= 0.6 is 11.6 Å². The lowest BCUT2D eigenvalue weighted by molar-refractivity contribution is -0.138. The Labute approximate surface area is 312 Å². The summed E-state index contributed by atoms with van der Waals surface area (Å²) in [6, 6.07) is 16.5. The van der Waals surface area contributed by atoms with Gasteiger partial charge in [-0.1, -0.05) is 70.4 Å². The third-order valence-corrected chi connectivity index (χ3v) is 7.56. The lowest BCUT2D eigenvalue weighted by Gasteiger charge is -2.13. The number of hydrogen-bond donors (Lipinski definition) is 1. The minimum Gasteiger partial charge on any atom is -0.464 e. The molecule has 3 aromatic carbocycles. The highest BCUT2D eigenvalue weighted by Crippen LogP contribution is 2.33. The third-order valence-electron chi connectivity index (χ3n) is 7.23. The number of halogens is 10. The Kier molecular flexibility index (Phi) is 15.2. The molecule has 4 aromatic rings. The highest BCUT2D eigenvalue weighted by Gasteiger charge is 2.35. The normalized spacial score (nSPS) is 12.3. The Morgan fingerprint density at radius 1 is 0.782 bits per heavy atom. The fourth-order valence-corrected chi connectivity index (χ4v) is 4.82. The van der Waals surface area contributed by atoms with Crippen molar-refractivity contribution in [3.8, 4) is 0 Å². The van der Waals surface area contributed by atoms with Gasteiger partial charge >= 0.3 is 24.5 Å². The van der Waals surface area contributed by atoms with Crippen molar-refractivity contribution >= 4 is 34.9 Å². The molecule has 4 rings (SSSR count). The average molecular weight is 805 g/mol. The lowest BCUT2D eigenvalue weighted by atomic mass is 10.0. The van der Waals surface area contributed by atoms with Crippen LogP contribution in [0, 0.1) is 0 Å². The van der Waals surface area contributed by atoms with Crippen molar-refractivity contribution < 1.29 is 63.5 Å². The summed E-state index contributed by atoms with van der Waals surface area (Å²) in [4.78, 5) is 37.5. The van der Waals surface area contributed by atoms with Gasteiger partial charge in [0.05, 0.1) is 45.8 Å². The molecule has 0 aliphatic carbocycles. The van der Waals surface area contributed by atoms with Gasteiger partial charge in [0.15, 0.2) is 5.71 Å². The number of pyridine rings is 1. The number of methoxy groups -OCH3 is 1. The fourth-order valence-electron chi connectivity index (χ4n) is 4.56. The molecule has 1 amide bonds. The van der Waals surface area contributed by atoms with Crippen LogP contribution in [-0.4, -0.2) is 49.0 Å². The van der Waals surface area contributed by atoms with E-state index in [1.54, 1.807) is 24.3 Å². The average Bonchev–Trinajstić information content (AvgIpc) is 3.13. The molecule has 55 heavy (non-hydrogen) atoms. The Morgan fingerprint density at radius 3 is 2.02 bits per heavy atom. The van der Waals surface area contributed by atoms with E-state index in [0.29, 0.717) is 23.4 Å². The largest absolute Gasteiger partial charge is 0.464 e. The van der Waals surface area contributed by atoms with E-state index in [-0.39, 0.29) is 47.3 Å². The minimum atomic E-state index is -4.69. The standard InChI is InChI=1S/C20H19F3N2O4.C16H11ClF6N2O/c1-13(14-8-6-9-16(11-14)20(21,22)23)24-29-12-15-7-4-5-10-17(15)18(25-28-3)19(26)27-2;17-12-7-9(15(18,19)20)8-25-13(12)5-6-24-14(26)10-3-1-2-4-11(10)16(21,22)23/h4-11H,12H2,1-3H3;1-4,7-8H,5-6H2,(H,24,26)/b24-13+,25-18+;. The molecule has 0 unspecified atom stereocenters. The second kappa shape index (κ2) is 19.1. The molecule has 19 heteroatoms. The van der Waals surface area contributed by atoms with Gasteiger partial charge in [0.1, 0.15) is 13.7 Å². The van der Waals surface area contributed by atoms with E-state index in [1.165, 1.54) is 39.3 Å². The fraction of sp³-hybridized carbons (Fsp3) is 0.250. The second-order valence-corrected chi connectivity index (χ2v) is 11.4. The number of hydrogen-bond acceptors (Lipinski definition) is 8. The number of aromatic nitrogens is 1. The summed E-state index contributed by atoms with van der Waals surface area (Å²) in [6.07, 6.45) is -13.2. The predicted octanol–water partition coefficient (Wildman–Crippen LogP) is 8.91. The van der Waals surface area contributed by atoms with Gasteiger partial charge in [-0.3, -0.25) is 9.78 Å². The van der Waals surface area contributed by atoms with E-state index < -0.39 is 52.7 Å². The molecule has 0 fully saturated rings. The first kappa shape index (κ1) is 43.8. The van der Waals surface area contributed by atoms with E-state index in [1.807, 2.05) is 0 Å². The summed E-state index contributed by atoms with van der Waals surface area (Å²) < 4.78 is 120. The number of esters is 1. The summed E-state index contributed by atoms with van der Waals surface area (Å²) in [7, 11) is 2.51. The maximum Gasteiger partial charge on any atom is 0.417 e. The van der Waals surface area contributed by atoms with Gasteiger partial charge in [0, 0.05) is 30.3 Å². The van der Waals surface area contributed by atoms with E-state index in [4.69, 9.17) is 26.0 Å². The third kappa shape index (κ3) is 12.7. The van der Waals surface area contributed by atoms with Crippen molar-refractivity contribution in [2.45, 2.75) is 38.5 Å². The molecular weight excluding hydrogens is 775 g/mol. The molecule has 0 aliphatic heterocycles. The van der Waals surface area contributed by atoms with E-state index in [9.17, 15) is 49.1 Å². The number of carbonyl (C=O) groups excluding carboxylic acids is 2. The van der Waals surface area contributed by atoms with Crippen molar-refractivity contribution in [3.05, 3.63) is 135 Å². The Hall–Kier alpha value is -5.65. The zero-order valence-corrected chi connectivity index (χ0v) is 29.6. The van der Waals surface area contributed by atoms with Gasteiger partial charge in [-0.25, -0.2) is 4.79 Å². The number of carbonyl (C=O) groups is 2. The van der Waals surface area contributed by atoms with Gasteiger partial charge in [-0.15, -0.1) is 0 Å². The van der Waals surface area contributed by atoms with Crippen LogP contribution in [0.2, 0.25) is 5.02 Å². The number of rotatable bonds is 11. The van der Waals surface area contributed by atoms with Crippen LogP contribution in [0.4, 0.5) is 39.5 Å². The van der Waals surface area contributed by atoms with Crippen LogP contribution in [0.15, 0.2) is 95.4 Å². The Balaban J connectivity index is 0.000000297. The molecular formula is C36H30ClF9N4O5. The zero-order chi connectivity index (χ0) is 41.0. The molecule has 1 N–H and O–H groups in total. The first-order chi connectivity index (χ1) is 25.8. The maximum absolute atomic E-state index is 12.9. The second-order valence-electron chi connectivity index (χ2n) is 11.0. The Morgan fingerprint density at radius 2 is 1.42 bits per heavy atom. The van der Waals surface area contributed by atoms with Crippen molar-refractivity contribution in [2.75, 3.05) is 20.8 Å². The monoisotopic (exact) mass is 804 g/mol. The highest BCUT2D eigenvalue weighted by molar-refractivity contribution is 6.43. The molecule has 0 saturated carbocycles. The lowest BCUT2D eigenvalue weighted by Crippen LogP contribution is -2.28. The number of alkyl halides is 9. The van der Waals surface area contributed by atoms with Gasteiger partial charge < -0.3 is 19.7 Å². The summed E-state index contributed by atoms with van der Waals surface area (Å²) in [5, 5.41) is 9.61. The summed E-state index contributed by atoms with van der Waals surface area (Å²) >= 11 is 5.73. The summed E-state index contributed by atoms with van der Waals surface area (Å²) in [5.74, 6) is -1.65. The molecule has 0 bridgehead atoms. The predicted molar refractivity (Wildman–Crippen MR) is 182 cm³/mol. The molecule has 0 spiro atoms. The number of ether oxygens (including phenoxy) is 1. The van der Waals surface area contributed by atoms with Crippen LogP contribution in [0.5, 0.6) is 0 Å². The van der Waals surface area contributed by atoms with Gasteiger partial charge in [-0.05, 0) is 42.8 Å². The topological polar surface area (TPSA) is 111 Å². The zero-order valence-electron chi connectivity index (χ0n) is 28.9. The van der Waals surface area contributed by atoms with Crippen LogP contribution in [0.25, 0.3) is 0 Å². The minimum absolute atomic E-state index is 0.0447. The van der Waals surface area contributed by atoms with Crippen LogP contribution < -0.4 is 5.32 Å². The number of nitrogens with one attached hydrogen (secondary N) is 1. The summed E-state index contributed by atoms with van der Waals surface area (Å²) in [6.45, 7) is 1.34. The smallest absolute Gasteiger partial charge is 0.417 e.